The summed E-state index contributed by atoms with van der Waals surface area (Å²) in [4.78, 5) is 7.94. The van der Waals surface area contributed by atoms with Gasteiger partial charge in [-0.05, 0) is 37.6 Å². The highest BCUT2D eigenvalue weighted by atomic mass is 32.2. The molecule has 0 atom stereocenters. The van der Waals surface area contributed by atoms with Crippen molar-refractivity contribution < 1.29 is 26.3 Å². The van der Waals surface area contributed by atoms with Gasteiger partial charge in [-0.3, -0.25) is 4.72 Å². The summed E-state index contributed by atoms with van der Waals surface area (Å²) in [5.74, 6) is -0.908. The molecule has 0 radical (unpaired) electrons. The molecule has 1 aromatic carbocycles. The van der Waals surface area contributed by atoms with Crippen LogP contribution in [0.3, 0.4) is 0 Å². The van der Waals surface area contributed by atoms with Crippen LogP contribution in [0, 0.1) is 13.8 Å². The van der Waals surface area contributed by atoms with Gasteiger partial charge in [-0.2, -0.15) is 0 Å². The first-order valence-electron chi connectivity index (χ1n) is 6.70. The maximum absolute atomic E-state index is 12.1. The van der Waals surface area contributed by atoms with Crippen LogP contribution in [0.15, 0.2) is 30.3 Å². The molecule has 1 aromatic heterocycles. The third-order valence-corrected chi connectivity index (χ3v) is 3.95. The van der Waals surface area contributed by atoms with E-state index in [0.29, 0.717) is 17.0 Å². The van der Waals surface area contributed by atoms with Crippen molar-refractivity contribution in [1.82, 2.24) is 9.97 Å². The molecular weight excluding hydrogens is 347 g/mol. The van der Waals surface area contributed by atoms with Crippen molar-refractivity contribution in [1.29, 1.82) is 0 Å². The van der Waals surface area contributed by atoms with Crippen LogP contribution < -0.4 is 9.46 Å². The molecule has 2 rings (SSSR count). The number of halogens is 3. The summed E-state index contributed by atoms with van der Waals surface area (Å²) in [5.41, 5.74) is 1.50. The topological polar surface area (TPSA) is 81.2 Å². The van der Waals surface area contributed by atoms with Crippen LogP contribution in [0.2, 0.25) is 0 Å². The number of nitrogens with one attached hydrogen (secondary N) is 1. The van der Waals surface area contributed by atoms with Gasteiger partial charge in [0.05, 0.1) is 5.75 Å². The molecule has 1 heterocycles. The molecule has 130 valence electrons. The second kappa shape index (κ2) is 6.63. The number of nitrogens with zero attached hydrogens (tertiary/aromatic N) is 2. The lowest BCUT2D eigenvalue weighted by Gasteiger charge is -2.10. The monoisotopic (exact) mass is 361 g/mol. The van der Waals surface area contributed by atoms with Gasteiger partial charge in [-0.1, -0.05) is 12.1 Å². The number of hydrogen-bond acceptors (Lipinski definition) is 5. The Kier molecular flexibility index (Phi) is 4.97. The Morgan fingerprint density at radius 1 is 1.08 bits per heavy atom. The van der Waals surface area contributed by atoms with Crippen molar-refractivity contribution >= 4 is 16.0 Å². The first-order chi connectivity index (χ1) is 11.0. The van der Waals surface area contributed by atoms with Crippen LogP contribution in [0.1, 0.15) is 17.0 Å². The SMILES string of the molecule is Cc1cc(C)nc(NS(=O)(=O)Cc2ccc(OC(F)(F)F)cc2)n1. The normalized spacial score (nSPS) is 12.0. The lowest BCUT2D eigenvalue weighted by molar-refractivity contribution is -0.274. The van der Waals surface area contributed by atoms with Gasteiger partial charge < -0.3 is 4.74 Å². The predicted octanol–water partition coefficient (Wildman–Crippen LogP) is 2.93. The second-order valence-electron chi connectivity index (χ2n) is 5.03. The summed E-state index contributed by atoms with van der Waals surface area (Å²) in [6, 6.07) is 6.26. The van der Waals surface area contributed by atoms with E-state index in [1.165, 1.54) is 12.1 Å². The van der Waals surface area contributed by atoms with E-state index in [1.807, 2.05) is 0 Å². The van der Waals surface area contributed by atoms with E-state index in [9.17, 15) is 21.6 Å². The zero-order chi connectivity index (χ0) is 18.0. The highest BCUT2D eigenvalue weighted by Gasteiger charge is 2.31. The Morgan fingerprint density at radius 2 is 1.62 bits per heavy atom. The molecule has 0 aliphatic carbocycles. The molecule has 0 saturated carbocycles. The second-order valence-corrected chi connectivity index (χ2v) is 6.75. The van der Waals surface area contributed by atoms with E-state index in [4.69, 9.17) is 0 Å². The number of hydrogen-bond donors (Lipinski definition) is 1. The number of benzene rings is 1. The van der Waals surface area contributed by atoms with Crippen molar-refractivity contribution in [3.63, 3.8) is 0 Å². The lowest BCUT2D eigenvalue weighted by atomic mass is 10.2. The van der Waals surface area contributed by atoms with Crippen molar-refractivity contribution in [2.45, 2.75) is 26.0 Å². The molecule has 0 aliphatic rings. The van der Waals surface area contributed by atoms with Crippen LogP contribution in [0.25, 0.3) is 0 Å². The standard InChI is InChI=1S/C14H14F3N3O3S/c1-9-7-10(2)19-13(18-9)20-24(21,22)8-11-3-5-12(6-4-11)23-14(15,16)17/h3-7H,8H2,1-2H3,(H,18,19,20). The van der Waals surface area contributed by atoms with Gasteiger partial charge in [0.2, 0.25) is 16.0 Å². The number of rotatable bonds is 5. The quantitative estimate of drug-likeness (QED) is 0.886. The Balaban J connectivity index is 2.08. The van der Waals surface area contributed by atoms with Gasteiger partial charge >= 0.3 is 6.36 Å². The molecule has 0 saturated heterocycles. The molecule has 6 nitrogen and oxygen atoms in total. The largest absolute Gasteiger partial charge is 0.573 e. The fourth-order valence-electron chi connectivity index (χ4n) is 1.95. The minimum absolute atomic E-state index is 0.0514. The summed E-state index contributed by atoms with van der Waals surface area (Å²) in [5, 5.41) is 0. The first-order valence-corrected chi connectivity index (χ1v) is 8.35. The molecule has 24 heavy (non-hydrogen) atoms. The average Bonchev–Trinajstić information content (AvgIpc) is 2.37. The van der Waals surface area contributed by atoms with E-state index >= 15 is 0 Å². The van der Waals surface area contributed by atoms with Crippen molar-refractivity contribution in [3.05, 3.63) is 47.3 Å². The van der Waals surface area contributed by atoms with Crippen LogP contribution in [-0.4, -0.2) is 24.7 Å². The van der Waals surface area contributed by atoms with Gasteiger partial charge in [-0.15, -0.1) is 13.2 Å². The van der Waals surface area contributed by atoms with Crippen LogP contribution in [0.5, 0.6) is 5.75 Å². The van der Waals surface area contributed by atoms with Gasteiger partial charge in [0.25, 0.3) is 0 Å². The van der Waals surface area contributed by atoms with Crippen molar-refractivity contribution in [2.75, 3.05) is 4.72 Å². The molecule has 0 fully saturated rings. The van der Waals surface area contributed by atoms with E-state index in [0.717, 1.165) is 12.1 Å². The molecule has 0 spiro atoms. The summed E-state index contributed by atoms with van der Waals surface area (Å²) in [7, 11) is -3.81. The van der Waals surface area contributed by atoms with Gasteiger partial charge in [0.1, 0.15) is 5.75 Å². The third-order valence-electron chi connectivity index (χ3n) is 2.74. The van der Waals surface area contributed by atoms with Crippen molar-refractivity contribution in [2.24, 2.45) is 0 Å². The molecular formula is C14H14F3N3O3S. The molecule has 0 bridgehead atoms. The zero-order valence-corrected chi connectivity index (χ0v) is 13.6. The van der Waals surface area contributed by atoms with E-state index in [1.54, 1.807) is 19.9 Å². The maximum atomic E-state index is 12.1. The molecule has 2 aromatic rings. The zero-order valence-electron chi connectivity index (χ0n) is 12.8. The minimum atomic E-state index is -4.80. The average molecular weight is 361 g/mol. The Labute approximate surface area is 136 Å². The van der Waals surface area contributed by atoms with E-state index in [2.05, 4.69) is 19.4 Å². The number of aryl methyl sites for hydroxylation is 2. The fraction of sp³-hybridized carbons (Fsp3) is 0.286. The van der Waals surface area contributed by atoms with Gasteiger partial charge in [0.15, 0.2) is 0 Å². The minimum Gasteiger partial charge on any atom is -0.406 e. The number of sulfonamides is 1. The number of anilines is 1. The number of ether oxygens (including phenoxy) is 1. The summed E-state index contributed by atoms with van der Waals surface area (Å²) >= 11 is 0. The van der Waals surface area contributed by atoms with E-state index in [-0.39, 0.29) is 5.95 Å². The molecule has 0 aliphatic heterocycles. The highest BCUT2D eigenvalue weighted by Crippen LogP contribution is 2.23. The van der Waals surface area contributed by atoms with Crippen LogP contribution >= 0.6 is 0 Å². The first kappa shape index (κ1) is 18.0. The number of aromatic nitrogens is 2. The van der Waals surface area contributed by atoms with Crippen molar-refractivity contribution in [3.8, 4) is 5.75 Å². The molecule has 0 unspecified atom stereocenters. The smallest absolute Gasteiger partial charge is 0.406 e. The third kappa shape index (κ3) is 5.69. The maximum Gasteiger partial charge on any atom is 0.573 e. The summed E-state index contributed by atoms with van der Waals surface area (Å²) in [6.07, 6.45) is -4.80. The lowest BCUT2D eigenvalue weighted by Crippen LogP contribution is -2.18. The Hall–Kier alpha value is -2.36. The Morgan fingerprint density at radius 3 is 2.12 bits per heavy atom. The molecule has 1 N–H and O–H groups in total. The number of alkyl halides is 3. The highest BCUT2D eigenvalue weighted by molar-refractivity contribution is 7.91. The van der Waals surface area contributed by atoms with Gasteiger partial charge in [-0.25, -0.2) is 18.4 Å². The van der Waals surface area contributed by atoms with E-state index < -0.39 is 27.9 Å². The predicted molar refractivity (Wildman–Crippen MR) is 80.9 cm³/mol. The molecule has 0 amide bonds. The van der Waals surface area contributed by atoms with Crippen LogP contribution in [0.4, 0.5) is 19.1 Å². The molecule has 10 heteroatoms. The fourth-order valence-corrected chi connectivity index (χ4v) is 3.03. The summed E-state index contributed by atoms with van der Waals surface area (Å²) in [6.45, 7) is 3.40. The summed E-state index contributed by atoms with van der Waals surface area (Å²) < 4.78 is 66.4. The van der Waals surface area contributed by atoms with Gasteiger partial charge in [0, 0.05) is 11.4 Å². The Bertz CT molecular complexity index is 801. The van der Waals surface area contributed by atoms with Crippen LogP contribution in [-0.2, 0) is 15.8 Å².